The van der Waals surface area contributed by atoms with E-state index >= 15 is 0 Å². The summed E-state index contributed by atoms with van der Waals surface area (Å²) in [6.45, 7) is 5.11. The number of carboxylic acids is 1. The van der Waals surface area contributed by atoms with Gasteiger partial charge in [0.15, 0.2) is 18.9 Å². The van der Waals surface area contributed by atoms with Gasteiger partial charge < -0.3 is 17.5 Å². The van der Waals surface area contributed by atoms with Crippen molar-refractivity contribution in [3.8, 4) is 0 Å². The van der Waals surface area contributed by atoms with Crippen molar-refractivity contribution >= 4 is 18.1 Å². The van der Waals surface area contributed by atoms with E-state index in [1.54, 1.807) is 12.1 Å². The van der Waals surface area contributed by atoms with Crippen LogP contribution in [0.15, 0.2) is 73.1 Å². The van der Waals surface area contributed by atoms with Crippen LogP contribution < -0.4 is 17.0 Å². The number of hydrogen-bond donors (Lipinski definition) is 1. The van der Waals surface area contributed by atoms with E-state index in [9.17, 15) is 4.79 Å². The highest BCUT2D eigenvalue weighted by Gasteiger charge is 2.05. The highest BCUT2D eigenvalue weighted by Crippen LogP contribution is 2.16. The normalized spacial score (nSPS) is 10.8. The van der Waals surface area contributed by atoms with E-state index in [-0.39, 0.29) is 12.4 Å². The van der Waals surface area contributed by atoms with Crippen LogP contribution in [0.3, 0.4) is 0 Å². The van der Waals surface area contributed by atoms with E-state index in [1.807, 2.05) is 24.5 Å². The van der Waals surface area contributed by atoms with Gasteiger partial charge in [-0.3, -0.25) is 0 Å². The van der Waals surface area contributed by atoms with Crippen molar-refractivity contribution in [2.45, 2.75) is 26.3 Å². The van der Waals surface area contributed by atoms with Crippen molar-refractivity contribution in [2.24, 2.45) is 0 Å². The highest BCUT2D eigenvalue weighted by atomic mass is 35.5. The molecule has 1 heterocycles. The number of benzene rings is 2. The predicted molar refractivity (Wildman–Crippen MR) is 109 cm³/mol. The van der Waals surface area contributed by atoms with E-state index in [1.165, 1.54) is 11.1 Å². The molecule has 0 radical (unpaired) electrons. The van der Waals surface area contributed by atoms with Crippen molar-refractivity contribution < 1.29 is 26.9 Å². The minimum atomic E-state index is -0.899. The van der Waals surface area contributed by atoms with Gasteiger partial charge in [-0.15, -0.1) is 0 Å². The Morgan fingerprint density at radius 2 is 1.43 bits per heavy atom. The van der Waals surface area contributed by atoms with Crippen LogP contribution in [0.25, 0.3) is 12.2 Å². The van der Waals surface area contributed by atoms with Crippen LogP contribution in [0.1, 0.15) is 52.4 Å². The lowest BCUT2D eigenvalue weighted by Gasteiger charge is -2.04. The molecule has 3 nitrogen and oxygen atoms in total. The van der Waals surface area contributed by atoms with Gasteiger partial charge in [0, 0.05) is 17.7 Å². The van der Waals surface area contributed by atoms with Crippen LogP contribution >= 0.6 is 0 Å². The molecule has 0 aliphatic rings. The molecule has 0 saturated carbocycles. The lowest BCUT2D eigenvalue weighted by Crippen LogP contribution is -3.00. The van der Waals surface area contributed by atoms with Crippen molar-refractivity contribution in [1.82, 2.24) is 0 Å². The standard InChI is InChI=1S/C24H23NO2.ClH/c1-18(2)22-9-5-19(6-10-22)3-4-20-13-15-25(16-14-20)17-21-7-11-23(12-8-21)24(26)27;/h3-16,18H,17H2,1-2H3;1H/b4-3-;. The summed E-state index contributed by atoms with van der Waals surface area (Å²) in [4.78, 5) is 10.9. The van der Waals surface area contributed by atoms with Gasteiger partial charge in [-0.25, -0.2) is 9.36 Å². The summed E-state index contributed by atoms with van der Waals surface area (Å²) >= 11 is 0. The van der Waals surface area contributed by atoms with Gasteiger partial charge in [0.05, 0.1) is 5.56 Å². The Kier molecular flexibility index (Phi) is 7.53. The average Bonchev–Trinajstić information content (AvgIpc) is 2.68. The molecular formula is C24H24ClNO2. The summed E-state index contributed by atoms with van der Waals surface area (Å²) in [7, 11) is 0. The Balaban J connectivity index is 0.00000280. The molecule has 3 aromatic rings. The minimum absolute atomic E-state index is 0. The molecule has 0 aliphatic carbocycles. The second-order valence-electron chi connectivity index (χ2n) is 6.96. The van der Waals surface area contributed by atoms with Crippen LogP contribution in [-0.4, -0.2) is 11.1 Å². The Morgan fingerprint density at radius 3 is 1.93 bits per heavy atom. The van der Waals surface area contributed by atoms with Gasteiger partial charge in [-0.1, -0.05) is 62.4 Å². The van der Waals surface area contributed by atoms with Crippen LogP contribution in [0, 0.1) is 0 Å². The predicted octanol–water partition coefficient (Wildman–Crippen LogP) is 2.02. The first-order valence-electron chi connectivity index (χ1n) is 9.10. The molecule has 0 fully saturated rings. The Bertz CT molecular complexity index is 928. The number of carboxylic acid groups (broad SMARTS) is 1. The molecule has 0 unspecified atom stereocenters. The number of pyridine rings is 1. The zero-order chi connectivity index (χ0) is 19.2. The van der Waals surface area contributed by atoms with Gasteiger partial charge in [-0.05, 0) is 34.7 Å². The molecule has 1 N–H and O–H groups in total. The quantitative estimate of drug-likeness (QED) is 0.651. The maximum absolute atomic E-state index is 10.9. The monoisotopic (exact) mass is 393 g/mol. The molecule has 0 aliphatic heterocycles. The van der Waals surface area contributed by atoms with Crippen molar-refractivity contribution in [2.75, 3.05) is 0 Å². The zero-order valence-electron chi connectivity index (χ0n) is 16.0. The SMILES string of the molecule is CC(C)c1ccc(/C=C\c2cc[n+](Cc3ccc(C(=O)O)cc3)cc2)cc1.[Cl-]. The van der Waals surface area contributed by atoms with Gasteiger partial charge in [0.1, 0.15) is 0 Å². The molecule has 0 saturated heterocycles. The number of nitrogens with zero attached hydrogens (tertiary/aromatic N) is 1. The maximum Gasteiger partial charge on any atom is 0.335 e. The summed E-state index contributed by atoms with van der Waals surface area (Å²) in [5.74, 6) is -0.350. The molecule has 144 valence electrons. The Morgan fingerprint density at radius 1 is 0.893 bits per heavy atom. The third-order valence-corrected chi connectivity index (χ3v) is 4.55. The third kappa shape index (κ3) is 5.80. The summed E-state index contributed by atoms with van der Waals surface area (Å²) in [5.41, 5.74) is 5.06. The lowest BCUT2D eigenvalue weighted by atomic mass is 10.0. The topological polar surface area (TPSA) is 41.2 Å². The molecule has 4 heteroatoms. The van der Waals surface area contributed by atoms with E-state index in [4.69, 9.17) is 5.11 Å². The lowest BCUT2D eigenvalue weighted by molar-refractivity contribution is -0.688. The highest BCUT2D eigenvalue weighted by molar-refractivity contribution is 5.87. The number of carbonyl (C=O) groups is 1. The maximum atomic E-state index is 10.9. The Hall–Kier alpha value is -2.91. The molecule has 0 bridgehead atoms. The van der Waals surface area contributed by atoms with Crippen LogP contribution in [0.5, 0.6) is 0 Å². The molecule has 28 heavy (non-hydrogen) atoms. The number of rotatable bonds is 6. The fourth-order valence-corrected chi connectivity index (χ4v) is 2.83. The van der Waals surface area contributed by atoms with Crippen LogP contribution in [0.2, 0.25) is 0 Å². The second kappa shape index (κ2) is 9.86. The number of aromatic nitrogens is 1. The zero-order valence-corrected chi connectivity index (χ0v) is 16.8. The molecule has 1 aromatic heterocycles. The summed E-state index contributed by atoms with van der Waals surface area (Å²) in [6.07, 6.45) is 8.30. The fraction of sp³-hybridized carbons (Fsp3) is 0.167. The summed E-state index contributed by atoms with van der Waals surface area (Å²) in [6, 6.07) is 19.8. The smallest absolute Gasteiger partial charge is 0.335 e. The number of aromatic carboxylic acids is 1. The summed E-state index contributed by atoms with van der Waals surface area (Å²) in [5, 5.41) is 8.95. The van der Waals surface area contributed by atoms with Gasteiger partial charge >= 0.3 is 5.97 Å². The van der Waals surface area contributed by atoms with E-state index in [2.05, 4.69) is 67.0 Å². The molecule has 0 atom stereocenters. The van der Waals surface area contributed by atoms with Gasteiger partial charge in [0.25, 0.3) is 0 Å². The third-order valence-electron chi connectivity index (χ3n) is 4.55. The number of halogens is 1. The van der Waals surface area contributed by atoms with E-state index < -0.39 is 5.97 Å². The van der Waals surface area contributed by atoms with Gasteiger partial charge in [-0.2, -0.15) is 0 Å². The van der Waals surface area contributed by atoms with E-state index in [0.29, 0.717) is 18.0 Å². The average molecular weight is 394 g/mol. The molecule has 0 amide bonds. The first-order chi connectivity index (χ1) is 13.0. The first-order valence-corrected chi connectivity index (χ1v) is 9.10. The van der Waals surface area contributed by atoms with E-state index in [0.717, 1.165) is 11.1 Å². The number of hydrogen-bond acceptors (Lipinski definition) is 1. The van der Waals surface area contributed by atoms with Gasteiger partial charge in [0.2, 0.25) is 0 Å². The van der Waals surface area contributed by atoms with Crippen molar-refractivity contribution in [3.63, 3.8) is 0 Å². The van der Waals surface area contributed by atoms with Crippen LogP contribution in [0.4, 0.5) is 0 Å². The first kappa shape index (κ1) is 21.4. The Labute approximate surface area is 172 Å². The molecule has 2 aromatic carbocycles. The summed E-state index contributed by atoms with van der Waals surface area (Å²) < 4.78 is 2.07. The fourth-order valence-electron chi connectivity index (χ4n) is 2.83. The van der Waals surface area contributed by atoms with Crippen molar-refractivity contribution in [1.29, 1.82) is 0 Å². The van der Waals surface area contributed by atoms with Crippen LogP contribution in [-0.2, 0) is 6.54 Å². The minimum Gasteiger partial charge on any atom is -1.00 e. The molecule has 0 spiro atoms. The molecular weight excluding hydrogens is 370 g/mol. The molecule has 3 rings (SSSR count). The van der Waals surface area contributed by atoms with Crippen molar-refractivity contribution in [3.05, 3.63) is 101 Å². The second-order valence-corrected chi connectivity index (χ2v) is 6.96. The largest absolute Gasteiger partial charge is 1.00 e.